The topological polar surface area (TPSA) is 90.3 Å². The van der Waals surface area contributed by atoms with Crippen LogP contribution in [0.15, 0.2) is 48.7 Å². The fourth-order valence-electron chi connectivity index (χ4n) is 3.49. The molecule has 0 bridgehead atoms. The number of benzene rings is 2. The number of ether oxygens (including phenoxy) is 2. The maximum Gasteiger partial charge on any atom is 0.323 e. The van der Waals surface area contributed by atoms with Crippen LogP contribution < -0.4 is 15.4 Å². The summed E-state index contributed by atoms with van der Waals surface area (Å²) in [5.74, 6) is 0.719. The quantitative estimate of drug-likeness (QED) is 0.534. The molecule has 2 heterocycles. The number of unbranched alkanes of at least 4 members (excludes halogenated alkanes) is 1. The smallest absolute Gasteiger partial charge is 0.323 e. The monoisotopic (exact) mass is 435 g/mol. The highest BCUT2D eigenvalue weighted by Gasteiger charge is 2.17. The fourth-order valence-corrected chi connectivity index (χ4v) is 3.49. The molecule has 2 amide bonds. The summed E-state index contributed by atoms with van der Waals surface area (Å²) < 4.78 is 13.0. The Hall–Kier alpha value is -3.39. The summed E-state index contributed by atoms with van der Waals surface area (Å²) in [4.78, 5) is 12.5. The van der Waals surface area contributed by atoms with E-state index in [1.165, 1.54) is 0 Å². The molecular formula is C24H29N5O3. The number of aromatic nitrogens is 3. The van der Waals surface area contributed by atoms with Crippen LogP contribution in [-0.2, 0) is 11.2 Å². The molecule has 1 atom stereocenters. The van der Waals surface area contributed by atoms with Crippen LogP contribution in [-0.4, -0.2) is 40.3 Å². The van der Waals surface area contributed by atoms with E-state index in [4.69, 9.17) is 9.47 Å². The second kappa shape index (κ2) is 10.3. The molecule has 2 N–H and O–H groups in total. The number of aryl methyl sites for hydroxylation is 2. The first-order valence-electron chi connectivity index (χ1n) is 11.1. The van der Waals surface area contributed by atoms with Gasteiger partial charge in [-0.25, -0.2) is 9.48 Å². The molecule has 0 radical (unpaired) electrons. The minimum absolute atomic E-state index is 0.0607. The van der Waals surface area contributed by atoms with Crippen molar-refractivity contribution in [3.05, 3.63) is 59.9 Å². The second-order valence-corrected chi connectivity index (χ2v) is 7.96. The van der Waals surface area contributed by atoms with Gasteiger partial charge in [0.05, 0.1) is 30.8 Å². The van der Waals surface area contributed by atoms with Crippen molar-refractivity contribution in [2.75, 3.05) is 23.8 Å². The van der Waals surface area contributed by atoms with Crippen molar-refractivity contribution < 1.29 is 14.3 Å². The van der Waals surface area contributed by atoms with Gasteiger partial charge in [0.15, 0.2) is 0 Å². The van der Waals surface area contributed by atoms with Gasteiger partial charge in [0.25, 0.3) is 0 Å². The number of urea groups is 1. The van der Waals surface area contributed by atoms with E-state index in [1.807, 2.05) is 55.6 Å². The maximum absolute atomic E-state index is 12.5. The molecule has 1 aliphatic rings. The van der Waals surface area contributed by atoms with E-state index in [9.17, 15) is 4.79 Å². The van der Waals surface area contributed by atoms with Crippen LogP contribution in [0.4, 0.5) is 16.2 Å². The van der Waals surface area contributed by atoms with Crippen LogP contribution in [0.25, 0.3) is 5.69 Å². The van der Waals surface area contributed by atoms with Crippen molar-refractivity contribution in [3.63, 3.8) is 0 Å². The van der Waals surface area contributed by atoms with Gasteiger partial charge in [-0.15, -0.1) is 5.10 Å². The van der Waals surface area contributed by atoms with Gasteiger partial charge in [-0.05, 0) is 55.7 Å². The third-order valence-electron chi connectivity index (χ3n) is 5.36. The van der Waals surface area contributed by atoms with Gasteiger partial charge in [0.1, 0.15) is 11.9 Å². The minimum atomic E-state index is -0.315. The number of rotatable bonds is 8. The summed E-state index contributed by atoms with van der Waals surface area (Å²) in [6.45, 7) is 5.42. The van der Waals surface area contributed by atoms with E-state index in [-0.39, 0.29) is 12.1 Å². The lowest BCUT2D eigenvalue weighted by atomic mass is 10.2. The SMILES string of the molecule is CCCCc1cn(-c2ccc(NC(=O)Nc3cc(OC4CCOC4)ccc3C)cc2)nn1. The number of nitrogens with one attached hydrogen (secondary N) is 2. The van der Waals surface area contributed by atoms with Gasteiger partial charge < -0.3 is 20.1 Å². The van der Waals surface area contributed by atoms with Gasteiger partial charge in [-0.1, -0.05) is 24.6 Å². The van der Waals surface area contributed by atoms with E-state index >= 15 is 0 Å². The zero-order valence-electron chi connectivity index (χ0n) is 18.5. The van der Waals surface area contributed by atoms with Crippen molar-refractivity contribution in [1.29, 1.82) is 0 Å². The Bertz CT molecular complexity index is 1040. The van der Waals surface area contributed by atoms with E-state index in [0.29, 0.717) is 18.0 Å². The lowest BCUT2D eigenvalue weighted by molar-refractivity contribution is 0.141. The zero-order chi connectivity index (χ0) is 22.3. The van der Waals surface area contributed by atoms with Crippen LogP contribution in [0.5, 0.6) is 5.75 Å². The molecule has 0 aliphatic carbocycles. The van der Waals surface area contributed by atoms with Gasteiger partial charge in [-0.3, -0.25) is 0 Å². The molecule has 1 aliphatic heterocycles. The average molecular weight is 436 g/mol. The van der Waals surface area contributed by atoms with Crippen LogP contribution in [0.1, 0.15) is 37.4 Å². The highest BCUT2D eigenvalue weighted by molar-refractivity contribution is 6.00. The molecule has 1 saturated heterocycles. The Kier molecular flexibility index (Phi) is 7.01. The Morgan fingerprint density at radius 1 is 1.22 bits per heavy atom. The number of carbonyl (C=O) groups is 1. The van der Waals surface area contributed by atoms with Crippen LogP contribution in [0.2, 0.25) is 0 Å². The average Bonchev–Trinajstić information content (AvgIpc) is 3.47. The third-order valence-corrected chi connectivity index (χ3v) is 5.36. The number of nitrogens with zero attached hydrogens (tertiary/aromatic N) is 3. The van der Waals surface area contributed by atoms with Gasteiger partial charge in [0.2, 0.25) is 0 Å². The fraction of sp³-hybridized carbons (Fsp3) is 0.375. The van der Waals surface area contributed by atoms with E-state index in [2.05, 4.69) is 27.9 Å². The highest BCUT2D eigenvalue weighted by atomic mass is 16.5. The molecule has 3 aromatic rings. The first-order chi connectivity index (χ1) is 15.6. The lowest BCUT2D eigenvalue weighted by Crippen LogP contribution is -2.20. The largest absolute Gasteiger partial charge is 0.488 e. The van der Waals surface area contributed by atoms with Crippen molar-refractivity contribution in [2.45, 2.75) is 45.6 Å². The maximum atomic E-state index is 12.5. The number of hydrogen-bond acceptors (Lipinski definition) is 5. The lowest BCUT2D eigenvalue weighted by Gasteiger charge is -2.15. The molecule has 32 heavy (non-hydrogen) atoms. The zero-order valence-corrected chi connectivity index (χ0v) is 18.5. The molecule has 4 rings (SSSR count). The molecule has 1 aromatic heterocycles. The molecule has 0 saturated carbocycles. The summed E-state index contributed by atoms with van der Waals surface area (Å²) in [5, 5.41) is 14.2. The van der Waals surface area contributed by atoms with Crippen molar-refractivity contribution in [2.24, 2.45) is 0 Å². The molecule has 1 fully saturated rings. The predicted molar refractivity (Wildman–Crippen MR) is 124 cm³/mol. The van der Waals surface area contributed by atoms with E-state index in [0.717, 1.165) is 55.0 Å². The van der Waals surface area contributed by atoms with Crippen LogP contribution in [0.3, 0.4) is 0 Å². The summed E-state index contributed by atoms with van der Waals surface area (Å²) in [6.07, 6.45) is 6.03. The summed E-state index contributed by atoms with van der Waals surface area (Å²) in [6, 6.07) is 12.9. The number of amides is 2. The molecular weight excluding hydrogens is 406 g/mol. The minimum Gasteiger partial charge on any atom is -0.488 e. The Labute approximate surface area is 187 Å². The summed E-state index contributed by atoms with van der Waals surface area (Å²) in [7, 11) is 0. The normalized spacial score (nSPS) is 15.5. The number of hydrogen-bond donors (Lipinski definition) is 2. The molecule has 0 spiro atoms. The second-order valence-electron chi connectivity index (χ2n) is 7.96. The van der Waals surface area contributed by atoms with Gasteiger partial charge in [0, 0.05) is 23.9 Å². The highest BCUT2D eigenvalue weighted by Crippen LogP contribution is 2.25. The Morgan fingerprint density at radius 2 is 2.06 bits per heavy atom. The Balaban J connectivity index is 1.35. The van der Waals surface area contributed by atoms with E-state index < -0.39 is 0 Å². The molecule has 168 valence electrons. The van der Waals surface area contributed by atoms with Crippen LogP contribution in [0, 0.1) is 6.92 Å². The van der Waals surface area contributed by atoms with Crippen molar-refractivity contribution >= 4 is 17.4 Å². The third kappa shape index (κ3) is 5.64. The molecule has 8 heteroatoms. The van der Waals surface area contributed by atoms with Crippen molar-refractivity contribution in [3.8, 4) is 11.4 Å². The van der Waals surface area contributed by atoms with Crippen LogP contribution >= 0.6 is 0 Å². The van der Waals surface area contributed by atoms with Gasteiger partial charge in [-0.2, -0.15) is 0 Å². The standard InChI is InChI=1S/C24H29N5O3/c1-3-4-5-19-15-29(28-27-19)20-9-7-18(8-10-20)25-24(30)26-23-14-21(11-6-17(23)2)32-22-12-13-31-16-22/h6-11,14-15,22H,3-5,12-13,16H2,1-2H3,(H2,25,26,30). The van der Waals surface area contributed by atoms with Gasteiger partial charge >= 0.3 is 6.03 Å². The molecule has 2 aromatic carbocycles. The predicted octanol–water partition coefficient (Wildman–Crippen LogP) is 4.73. The molecule has 1 unspecified atom stereocenters. The Morgan fingerprint density at radius 3 is 2.81 bits per heavy atom. The summed E-state index contributed by atoms with van der Waals surface area (Å²) in [5.41, 5.74) is 4.22. The number of carbonyl (C=O) groups excluding carboxylic acids is 1. The summed E-state index contributed by atoms with van der Waals surface area (Å²) >= 11 is 0. The van der Waals surface area contributed by atoms with Crippen molar-refractivity contribution in [1.82, 2.24) is 15.0 Å². The van der Waals surface area contributed by atoms with E-state index in [1.54, 1.807) is 4.68 Å². The first-order valence-corrected chi connectivity index (χ1v) is 11.1. The number of anilines is 2. The first kappa shape index (κ1) is 21.8. The molecule has 8 nitrogen and oxygen atoms in total.